The SMILES string of the molecule is NC(=O)c1cc(Nc2ccccc2I)ncc1N. The van der Waals surface area contributed by atoms with Crippen molar-refractivity contribution < 1.29 is 4.79 Å². The van der Waals surface area contributed by atoms with Crippen LogP contribution in [0.3, 0.4) is 0 Å². The Labute approximate surface area is 118 Å². The lowest BCUT2D eigenvalue weighted by Crippen LogP contribution is -2.14. The van der Waals surface area contributed by atoms with Crippen LogP contribution in [0.1, 0.15) is 10.4 Å². The maximum atomic E-state index is 11.2. The van der Waals surface area contributed by atoms with Gasteiger partial charge >= 0.3 is 0 Å². The van der Waals surface area contributed by atoms with Crippen molar-refractivity contribution in [1.82, 2.24) is 4.98 Å². The number of pyridine rings is 1. The number of nitrogens with two attached hydrogens (primary N) is 2. The summed E-state index contributed by atoms with van der Waals surface area (Å²) in [5.74, 6) is -0.0391. The zero-order valence-electron chi connectivity index (χ0n) is 9.35. The molecule has 0 radical (unpaired) electrons. The summed E-state index contributed by atoms with van der Waals surface area (Å²) < 4.78 is 1.05. The number of rotatable bonds is 3. The molecule has 0 aliphatic heterocycles. The third-order valence-electron chi connectivity index (χ3n) is 2.34. The van der Waals surface area contributed by atoms with E-state index < -0.39 is 5.91 Å². The molecule has 2 aromatic rings. The molecule has 0 saturated carbocycles. The average molecular weight is 354 g/mol. The summed E-state index contributed by atoms with van der Waals surface area (Å²) in [6, 6.07) is 9.29. The molecule has 0 atom stereocenters. The van der Waals surface area contributed by atoms with Crippen molar-refractivity contribution in [3.63, 3.8) is 0 Å². The summed E-state index contributed by atoms with van der Waals surface area (Å²) in [5, 5.41) is 3.11. The molecule has 1 heterocycles. The monoisotopic (exact) mass is 354 g/mol. The third kappa shape index (κ3) is 2.70. The maximum absolute atomic E-state index is 11.2. The number of carbonyl (C=O) groups excluding carboxylic acids is 1. The highest BCUT2D eigenvalue weighted by Crippen LogP contribution is 2.22. The molecule has 2 rings (SSSR count). The second-order valence-corrected chi connectivity index (χ2v) is 4.79. The molecule has 1 aromatic heterocycles. The lowest BCUT2D eigenvalue weighted by Gasteiger charge is -2.09. The molecule has 0 unspecified atom stereocenters. The van der Waals surface area contributed by atoms with Gasteiger partial charge in [0, 0.05) is 3.57 Å². The van der Waals surface area contributed by atoms with E-state index in [1.54, 1.807) is 6.07 Å². The fraction of sp³-hybridized carbons (Fsp3) is 0. The number of nitrogen functional groups attached to an aromatic ring is 1. The van der Waals surface area contributed by atoms with Crippen LogP contribution in [0.4, 0.5) is 17.2 Å². The molecule has 0 aliphatic rings. The van der Waals surface area contributed by atoms with Crippen LogP contribution < -0.4 is 16.8 Å². The van der Waals surface area contributed by atoms with Gasteiger partial charge in [-0.2, -0.15) is 0 Å². The average Bonchev–Trinajstić information content (AvgIpc) is 2.34. The van der Waals surface area contributed by atoms with Gasteiger partial charge in [-0.05, 0) is 40.8 Å². The van der Waals surface area contributed by atoms with Crippen molar-refractivity contribution in [3.05, 3.63) is 45.7 Å². The Balaban J connectivity index is 2.33. The van der Waals surface area contributed by atoms with Crippen molar-refractivity contribution in [2.24, 2.45) is 5.73 Å². The van der Waals surface area contributed by atoms with Crippen LogP contribution in [-0.2, 0) is 0 Å². The number of amides is 1. The Bertz CT molecular complexity index is 600. The second-order valence-electron chi connectivity index (χ2n) is 3.63. The first-order valence-corrected chi connectivity index (χ1v) is 6.22. The highest BCUT2D eigenvalue weighted by atomic mass is 127. The molecule has 0 saturated heterocycles. The summed E-state index contributed by atoms with van der Waals surface area (Å²) in [6.07, 6.45) is 1.41. The first-order valence-electron chi connectivity index (χ1n) is 5.15. The minimum absolute atomic E-state index is 0.262. The van der Waals surface area contributed by atoms with Crippen LogP contribution in [0.25, 0.3) is 0 Å². The van der Waals surface area contributed by atoms with Crippen molar-refractivity contribution in [2.45, 2.75) is 0 Å². The van der Waals surface area contributed by atoms with Crippen molar-refractivity contribution >= 4 is 45.7 Å². The number of aromatic nitrogens is 1. The van der Waals surface area contributed by atoms with Gasteiger partial charge in [-0.15, -0.1) is 0 Å². The lowest BCUT2D eigenvalue weighted by atomic mass is 10.2. The summed E-state index contributed by atoms with van der Waals surface area (Å²) in [7, 11) is 0. The quantitative estimate of drug-likeness (QED) is 0.736. The Hall–Kier alpha value is -1.83. The van der Waals surface area contributed by atoms with Gasteiger partial charge in [0.2, 0.25) is 0 Å². The molecule has 0 fully saturated rings. The van der Waals surface area contributed by atoms with Crippen LogP contribution in [0.5, 0.6) is 0 Å². The van der Waals surface area contributed by atoms with Gasteiger partial charge in [0.1, 0.15) is 5.82 Å². The van der Waals surface area contributed by atoms with Gasteiger partial charge in [0.25, 0.3) is 5.91 Å². The first-order chi connectivity index (χ1) is 8.58. The second kappa shape index (κ2) is 5.21. The highest BCUT2D eigenvalue weighted by Gasteiger charge is 2.08. The minimum atomic E-state index is -0.569. The van der Waals surface area contributed by atoms with Crippen LogP contribution in [0.2, 0.25) is 0 Å². The number of nitrogens with zero attached hydrogens (tertiary/aromatic N) is 1. The molecular weight excluding hydrogens is 343 g/mol. The van der Waals surface area contributed by atoms with Crippen molar-refractivity contribution in [1.29, 1.82) is 0 Å². The minimum Gasteiger partial charge on any atom is -0.397 e. The maximum Gasteiger partial charge on any atom is 0.250 e. The summed E-state index contributed by atoms with van der Waals surface area (Å²) in [6.45, 7) is 0. The van der Waals surface area contributed by atoms with Gasteiger partial charge < -0.3 is 16.8 Å². The number of carbonyl (C=O) groups is 1. The van der Waals surface area contributed by atoms with E-state index in [-0.39, 0.29) is 11.3 Å². The normalized spacial score (nSPS) is 10.1. The van der Waals surface area contributed by atoms with E-state index in [4.69, 9.17) is 11.5 Å². The summed E-state index contributed by atoms with van der Waals surface area (Å²) >= 11 is 2.21. The van der Waals surface area contributed by atoms with Gasteiger partial charge in [0.15, 0.2) is 0 Å². The Morgan fingerprint density at radius 3 is 2.72 bits per heavy atom. The number of hydrogen-bond acceptors (Lipinski definition) is 4. The number of nitrogens with one attached hydrogen (secondary N) is 1. The van der Waals surface area contributed by atoms with E-state index in [1.165, 1.54) is 6.20 Å². The molecule has 1 aromatic carbocycles. The predicted molar refractivity (Wildman–Crippen MR) is 79.6 cm³/mol. The predicted octanol–water partition coefficient (Wildman–Crippen LogP) is 2.11. The molecule has 92 valence electrons. The lowest BCUT2D eigenvalue weighted by molar-refractivity contribution is 0.100. The summed E-state index contributed by atoms with van der Waals surface area (Å²) in [5.41, 5.74) is 12.3. The fourth-order valence-electron chi connectivity index (χ4n) is 1.45. The Morgan fingerprint density at radius 2 is 2.06 bits per heavy atom. The Morgan fingerprint density at radius 1 is 1.33 bits per heavy atom. The molecular formula is C12H11IN4O. The van der Waals surface area contributed by atoms with Gasteiger partial charge in [-0.25, -0.2) is 4.98 Å². The van der Waals surface area contributed by atoms with E-state index in [0.717, 1.165) is 9.26 Å². The first kappa shape index (κ1) is 12.6. The number of primary amides is 1. The van der Waals surface area contributed by atoms with Crippen molar-refractivity contribution in [2.75, 3.05) is 11.1 Å². The third-order valence-corrected chi connectivity index (χ3v) is 3.28. The van der Waals surface area contributed by atoms with E-state index in [2.05, 4.69) is 32.9 Å². The van der Waals surface area contributed by atoms with Crippen LogP contribution in [0, 0.1) is 3.57 Å². The molecule has 0 spiro atoms. The molecule has 0 bridgehead atoms. The number of para-hydroxylation sites is 1. The highest BCUT2D eigenvalue weighted by molar-refractivity contribution is 14.1. The van der Waals surface area contributed by atoms with Crippen LogP contribution in [-0.4, -0.2) is 10.9 Å². The zero-order valence-corrected chi connectivity index (χ0v) is 11.5. The zero-order chi connectivity index (χ0) is 13.1. The summed E-state index contributed by atoms with van der Waals surface area (Å²) in [4.78, 5) is 15.3. The fourth-order valence-corrected chi connectivity index (χ4v) is 1.97. The number of anilines is 3. The molecule has 0 aliphatic carbocycles. The van der Waals surface area contributed by atoms with E-state index >= 15 is 0 Å². The van der Waals surface area contributed by atoms with Gasteiger partial charge in [-0.3, -0.25) is 4.79 Å². The van der Waals surface area contributed by atoms with Crippen LogP contribution >= 0.6 is 22.6 Å². The molecule has 6 heteroatoms. The van der Waals surface area contributed by atoms with Gasteiger partial charge in [0.05, 0.1) is 23.1 Å². The topological polar surface area (TPSA) is 94.0 Å². The standard InChI is InChI=1S/C12H11IN4O/c13-8-3-1-2-4-10(8)17-11-5-7(12(15)18)9(14)6-16-11/h1-6H,14H2,(H2,15,18)(H,16,17). The molecule has 5 N–H and O–H groups in total. The number of halogens is 1. The van der Waals surface area contributed by atoms with Crippen molar-refractivity contribution in [3.8, 4) is 0 Å². The number of hydrogen-bond donors (Lipinski definition) is 3. The van der Waals surface area contributed by atoms with E-state index in [0.29, 0.717) is 5.82 Å². The van der Waals surface area contributed by atoms with Crippen LogP contribution in [0.15, 0.2) is 36.5 Å². The molecule has 5 nitrogen and oxygen atoms in total. The molecule has 1 amide bonds. The number of benzene rings is 1. The van der Waals surface area contributed by atoms with E-state index in [9.17, 15) is 4.79 Å². The van der Waals surface area contributed by atoms with E-state index in [1.807, 2.05) is 24.3 Å². The largest absolute Gasteiger partial charge is 0.397 e. The molecule has 18 heavy (non-hydrogen) atoms. The van der Waals surface area contributed by atoms with Gasteiger partial charge in [-0.1, -0.05) is 12.1 Å². The Kier molecular flexibility index (Phi) is 3.66. The smallest absolute Gasteiger partial charge is 0.250 e.